The number of ether oxygens (including phenoxy) is 2. The zero-order valence-corrected chi connectivity index (χ0v) is 26.7. The molecule has 2 heterocycles. The van der Waals surface area contributed by atoms with Gasteiger partial charge in [-0.05, 0) is 0 Å². The van der Waals surface area contributed by atoms with E-state index in [1.807, 2.05) is 25.7 Å². The molecule has 7 heteroatoms. The molecule has 0 aliphatic carbocycles. The molecule has 2 rings (SSSR count). The third kappa shape index (κ3) is 8.70. The standard InChI is InChI=1S/C15H25N2O3S.3C4H9.Sn/c1-15(2,3)20-13(18)17-10-6-7-12(17)11-19-14(21)16-8-4-5-9-16;3*1-3-4-2;/h11-12H,4-10H2,1-3H3;3*1,3-4H2,2H3;/t12-;;;;/m1..../s1. The van der Waals surface area contributed by atoms with Crippen LogP contribution in [0.4, 0.5) is 4.79 Å². The normalized spacial score (nSPS) is 20.0. The fourth-order valence-corrected chi connectivity index (χ4v) is 24.3. The summed E-state index contributed by atoms with van der Waals surface area (Å²) in [6, 6.07) is 0.108. The van der Waals surface area contributed by atoms with Gasteiger partial charge in [0.25, 0.3) is 0 Å². The number of nitrogens with zero attached hydrogens (tertiary/aromatic N) is 2. The van der Waals surface area contributed by atoms with E-state index in [4.69, 9.17) is 21.7 Å². The van der Waals surface area contributed by atoms with Gasteiger partial charge in [0.15, 0.2) is 0 Å². The van der Waals surface area contributed by atoms with Crippen LogP contribution in [-0.2, 0) is 9.47 Å². The van der Waals surface area contributed by atoms with Gasteiger partial charge in [-0.3, -0.25) is 0 Å². The number of amides is 1. The van der Waals surface area contributed by atoms with Gasteiger partial charge in [-0.2, -0.15) is 0 Å². The molecule has 2 aliphatic rings. The molecule has 0 aromatic carbocycles. The summed E-state index contributed by atoms with van der Waals surface area (Å²) in [5.74, 6) is 0. The fourth-order valence-electron chi connectivity index (χ4n) is 5.74. The van der Waals surface area contributed by atoms with Crippen LogP contribution in [0.15, 0.2) is 0 Å². The van der Waals surface area contributed by atoms with Crippen molar-refractivity contribution < 1.29 is 14.3 Å². The Morgan fingerprint density at radius 3 is 1.94 bits per heavy atom. The Labute approximate surface area is 219 Å². The molecule has 34 heavy (non-hydrogen) atoms. The second-order valence-electron chi connectivity index (χ2n) is 11.6. The first-order valence-electron chi connectivity index (χ1n) is 14.1. The van der Waals surface area contributed by atoms with Crippen LogP contribution in [0.3, 0.4) is 0 Å². The minimum absolute atomic E-state index is 0.108. The SMILES string of the molecule is CCC[CH2][Sn]([CH2]CCC)([CH2]CCC)[C@H](OC(=S)N1CCCC1)[C@H]1CCCN1C(=O)OC(C)(C)C. The Morgan fingerprint density at radius 1 is 0.941 bits per heavy atom. The summed E-state index contributed by atoms with van der Waals surface area (Å²) in [6.45, 7) is 15.6. The Bertz CT molecular complexity index is 612. The van der Waals surface area contributed by atoms with Gasteiger partial charge < -0.3 is 0 Å². The van der Waals surface area contributed by atoms with Crippen molar-refractivity contribution in [1.29, 1.82) is 0 Å². The Kier molecular flexibility index (Phi) is 12.8. The van der Waals surface area contributed by atoms with E-state index in [1.54, 1.807) is 0 Å². The molecule has 0 saturated carbocycles. The van der Waals surface area contributed by atoms with Crippen molar-refractivity contribution in [1.82, 2.24) is 9.80 Å². The van der Waals surface area contributed by atoms with Gasteiger partial charge in [-0.15, -0.1) is 0 Å². The number of likely N-dealkylation sites (tertiary alicyclic amines) is 2. The van der Waals surface area contributed by atoms with Gasteiger partial charge in [-0.25, -0.2) is 0 Å². The van der Waals surface area contributed by atoms with E-state index in [0.29, 0.717) is 5.17 Å². The van der Waals surface area contributed by atoms with Gasteiger partial charge in [0.05, 0.1) is 0 Å². The minimum atomic E-state index is -2.89. The first-order chi connectivity index (χ1) is 16.2. The van der Waals surface area contributed by atoms with E-state index in [-0.39, 0.29) is 16.3 Å². The molecule has 2 aliphatic heterocycles. The molecule has 0 unspecified atom stereocenters. The number of hydrogen-bond donors (Lipinski definition) is 0. The first-order valence-corrected chi connectivity index (χ1v) is 22.2. The van der Waals surface area contributed by atoms with Crippen LogP contribution in [0.25, 0.3) is 0 Å². The van der Waals surface area contributed by atoms with Gasteiger partial charge in [0, 0.05) is 0 Å². The molecule has 2 fully saturated rings. The van der Waals surface area contributed by atoms with Gasteiger partial charge in [0.2, 0.25) is 0 Å². The number of carbonyl (C=O) groups is 1. The predicted octanol–water partition coefficient (Wildman–Crippen LogP) is 7.54. The van der Waals surface area contributed by atoms with E-state index in [0.717, 1.165) is 32.5 Å². The second-order valence-corrected chi connectivity index (χ2v) is 25.6. The second kappa shape index (κ2) is 14.5. The van der Waals surface area contributed by atoms with Gasteiger partial charge in [-0.1, -0.05) is 0 Å². The molecule has 0 aromatic rings. The van der Waals surface area contributed by atoms with Crippen LogP contribution < -0.4 is 0 Å². The van der Waals surface area contributed by atoms with Crippen molar-refractivity contribution in [2.24, 2.45) is 0 Å². The maximum absolute atomic E-state index is 13.3. The van der Waals surface area contributed by atoms with Crippen LogP contribution in [0, 0.1) is 0 Å². The zero-order chi connectivity index (χ0) is 25.2. The summed E-state index contributed by atoms with van der Waals surface area (Å²) in [7, 11) is 0. The summed E-state index contributed by atoms with van der Waals surface area (Å²) in [5.41, 5.74) is -0.488. The molecular formula is C27H52N2O3SSn. The molecule has 0 spiro atoms. The molecule has 2 atom stereocenters. The number of rotatable bonds is 12. The van der Waals surface area contributed by atoms with Crippen LogP contribution in [0.5, 0.6) is 0 Å². The third-order valence-electron chi connectivity index (χ3n) is 7.56. The number of carbonyl (C=O) groups excluding carboxylic acids is 1. The van der Waals surface area contributed by atoms with Crippen molar-refractivity contribution in [3.63, 3.8) is 0 Å². The summed E-state index contributed by atoms with van der Waals surface area (Å²) in [4.78, 5) is 17.6. The summed E-state index contributed by atoms with van der Waals surface area (Å²) >= 11 is 3.04. The average Bonchev–Trinajstić information content (AvgIpc) is 3.48. The average molecular weight is 604 g/mol. The predicted molar refractivity (Wildman–Crippen MR) is 149 cm³/mol. The van der Waals surface area contributed by atoms with E-state index < -0.39 is 24.0 Å². The van der Waals surface area contributed by atoms with E-state index in [2.05, 4.69) is 25.7 Å². The molecule has 0 N–H and O–H groups in total. The third-order valence-corrected chi connectivity index (χ3v) is 24.3. The van der Waals surface area contributed by atoms with Crippen molar-refractivity contribution in [2.75, 3.05) is 19.6 Å². The Morgan fingerprint density at radius 2 is 1.47 bits per heavy atom. The number of unbranched alkanes of at least 4 members (excludes halogenated alkanes) is 3. The van der Waals surface area contributed by atoms with E-state index >= 15 is 0 Å². The zero-order valence-electron chi connectivity index (χ0n) is 23.0. The van der Waals surface area contributed by atoms with Crippen LogP contribution in [-0.4, -0.2) is 74.8 Å². The summed E-state index contributed by atoms with van der Waals surface area (Å²) < 4.78 is 17.0. The van der Waals surface area contributed by atoms with Crippen LogP contribution in [0.2, 0.25) is 13.3 Å². The topological polar surface area (TPSA) is 42.0 Å². The van der Waals surface area contributed by atoms with Gasteiger partial charge >= 0.3 is 220 Å². The van der Waals surface area contributed by atoms with Crippen molar-refractivity contribution in [3.8, 4) is 0 Å². The van der Waals surface area contributed by atoms with Crippen molar-refractivity contribution in [2.45, 2.75) is 135 Å². The van der Waals surface area contributed by atoms with Crippen LogP contribution in [0.1, 0.15) is 106 Å². The van der Waals surface area contributed by atoms with E-state index in [9.17, 15) is 4.79 Å². The molecule has 198 valence electrons. The van der Waals surface area contributed by atoms with Crippen molar-refractivity contribution >= 4 is 41.9 Å². The fraction of sp³-hybridized carbons (Fsp3) is 0.926. The molecule has 0 aromatic heterocycles. The molecule has 2 saturated heterocycles. The molecular weight excluding hydrogens is 551 g/mol. The van der Waals surface area contributed by atoms with E-state index in [1.165, 1.54) is 64.7 Å². The quantitative estimate of drug-likeness (QED) is 0.170. The number of hydrogen-bond acceptors (Lipinski definition) is 4. The summed E-state index contributed by atoms with van der Waals surface area (Å²) in [5, 5.41) is 0.698. The van der Waals surface area contributed by atoms with Crippen LogP contribution >= 0.6 is 12.2 Å². The molecule has 5 nitrogen and oxygen atoms in total. The van der Waals surface area contributed by atoms with Gasteiger partial charge in [0.1, 0.15) is 0 Å². The monoisotopic (exact) mass is 604 g/mol. The number of thiocarbonyl (C=S) groups is 1. The molecule has 0 radical (unpaired) electrons. The summed E-state index contributed by atoms with van der Waals surface area (Å²) in [6.07, 6.45) is 11.7. The Hall–Kier alpha value is -0.241. The van der Waals surface area contributed by atoms with Crippen molar-refractivity contribution in [3.05, 3.63) is 0 Å². The Balaban J connectivity index is 2.44. The maximum atomic E-state index is 13.3. The molecule has 1 amide bonds. The first kappa shape index (κ1) is 30.0. The molecule has 0 bridgehead atoms.